The lowest BCUT2D eigenvalue weighted by Gasteiger charge is -2.07. The van der Waals surface area contributed by atoms with Crippen LogP contribution in [0.25, 0.3) is 0 Å². The maximum Gasteiger partial charge on any atom is 0.339 e. The van der Waals surface area contributed by atoms with E-state index >= 15 is 0 Å². The summed E-state index contributed by atoms with van der Waals surface area (Å²) < 4.78 is 0. The van der Waals surface area contributed by atoms with Gasteiger partial charge < -0.3 is 15.5 Å². The number of nitrogens with one attached hydrogen (secondary N) is 1. The number of aromatic carboxylic acids is 2. The molecule has 80 valence electrons. The maximum atomic E-state index is 10.8. The molecule has 0 saturated carbocycles. The lowest BCUT2D eigenvalue weighted by atomic mass is 10.1. The number of rotatable bonds is 3. The summed E-state index contributed by atoms with van der Waals surface area (Å²) in [5.74, 6) is -2.25. The first-order valence-corrected chi connectivity index (χ1v) is 4.13. The fraction of sp³-hybridized carbons (Fsp3) is 0.222. The summed E-state index contributed by atoms with van der Waals surface area (Å²) in [5, 5.41) is 20.2. The number of hydrogen-bond donors (Lipinski definition) is 3. The first kappa shape index (κ1) is 11.0. The second-order valence-corrected chi connectivity index (χ2v) is 2.88. The molecule has 6 heteroatoms. The molecule has 0 fully saturated rings. The van der Waals surface area contributed by atoms with E-state index in [1.807, 2.05) is 0 Å². The van der Waals surface area contributed by atoms with Gasteiger partial charge in [0.2, 0.25) is 0 Å². The monoisotopic (exact) mass is 210 g/mol. The number of nitrogens with zero attached hydrogens (tertiary/aromatic N) is 1. The third-order valence-corrected chi connectivity index (χ3v) is 1.91. The van der Waals surface area contributed by atoms with Crippen LogP contribution < -0.4 is 5.32 Å². The zero-order valence-electron chi connectivity index (χ0n) is 8.24. The Kier molecular flexibility index (Phi) is 2.89. The van der Waals surface area contributed by atoms with Gasteiger partial charge >= 0.3 is 11.9 Å². The first-order valence-electron chi connectivity index (χ1n) is 4.13. The Morgan fingerprint density at radius 1 is 1.27 bits per heavy atom. The number of aryl methyl sites for hydroxylation is 1. The molecule has 15 heavy (non-hydrogen) atoms. The molecule has 0 aliphatic heterocycles. The van der Waals surface area contributed by atoms with Crippen molar-refractivity contribution in [2.75, 3.05) is 12.4 Å². The lowest BCUT2D eigenvalue weighted by Crippen LogP contribution is -2.10. The molecule has 1 heterocycles. The molecule has 0 aliphatic rings. The largest absolute Gasteiger partial charge is 0.478 e. The number of carboxylic acid groups (broad SMARTS) is 2. The fourth-order valence-corrected chi connectivity index (χ4v) is 1.18. The van der Waals surface area contributed by atoms with Crippen LogP contribution in [0.1, 0.15) is 26.4 Å². The van der Waals surface area contributed by atoms with Gasteiger partial charge in [0.05, 0.1) is 11.3 Å². The van der Waals surface area contributed by atoms with Crippen LogP contribution in [-0.2, 0) is 0 Å². The van der Waals surface area contributed by atoms with Crippen molar-refractivity contribution in [3.05, 3.63) is 22.9 Å². The predicted molar refractivity (Wildman–Crippen MR) is 52.4 cm³/mol. The van der Waals surface area contributed by atoms with Crippen molar-refractivity contribution in [1.82, 2.24) is 4.98 Å². The van der Waals surface area contributed by atoms with E-state index in [1.165, 1.54) is 14.0 Å². The van der Waals surface area contributed by atoms with E-state index in [2.05, 4.69) is 10.3 Å². The van der Waals surface area contributed by atoms with E-state index in [0.29, 0.717) is 0 Å². The lowest BCUT2D eigenvalue weighted by molar-refractivity contribution is 0.0695. The van der Waals surface area contributed by atoms with E-state index in [1.54, 1.807) is 0 Å². The summed E-state index contributed by atoms with van der Waals surface area (Å²) in [6, 6.07) is 1.10. The average Bonchev–Trinajstić information content (AvgIpc) is 2.16. The molecular weight excluding hydrogens is 200 g/mol. The van der Waals surface area contributed by atoms with Crippen molar-refractivity contribution in [2.24, 2.45) is 0 Å². The van der Waals surface area contributed by atoms with Gasteiger partial charge in [-0.2, -0.15) is 0 Å². The van der Waals surface area contributed by atoms with Gasteiger partial charge in [-0.15, -0.1) is 0 Å². The molecule has 0 radical (unpaired) electrons. The van der Waals surface area contributed by atoms with E-state index in [4.69, 9.17) is 10.2 Å². The quantitative estimate of drug-likeness (QED) is 0.683. The fourth-order valence-electron chi connectivity index (χ4n) is 1.18. The molecule has 0 amide bonds. The Balaban J connectivity index is 3.43. The third-order valence-electron chi connectivity index (χ3n) is 1.91. The summed E-state index contributed by atoms with van der Waals surface area (Å²) in [6.07, 6.45) is 0. The average molecular weight is 210 g/mol. The minimum Gasteiger partial charge on any atom is -0.478 e. The van der Waals surface area contributed by atoms with Crippen molar-refractivity contribution in [3.8, 4) is 0 Å². The molecule has 0 atom stereocenters. The molecule has 1 aromatic heterocycles. The number of aromatic nitrogens is 1. The summed E-state index contributed by atoms with van der Waals surface area (Å²) >= 11 is 0. The van der Waals surface area contributed by atoms with E-state index in [9.17, 15) is 9.59 Å². The van der Waals surface area contributed by atoms with Crippen molar-refractivity contribution in [2.45, 2.75) is 6.92 Å². The van der Waals surface area contributed by atoms with Crippen molar-refractivity contribution in [3.63, 3.8) is 0 Å². The molecule has 0 aromatic carbocycles. The first-order chi connectivity index (χ1) is 6.97. The number of carboxylic acids is 2. The normalized spacial score (nSPS) is 9.73. The maximum absolute atomic E-state index is 10.8. The van der Waals surface area contributed by atoms with Gasteiger partial charge in [0, 0.05) is 7.05 Å². The summed E-state index contributed by atoms with van der Waals surface area (Å²) in [4.78, 5) is 25.4. The number of hydrogen-bond acceptors (Lipinski definition) is 4. The van der Waals surface area contributed by atoms with Gasteiger partial charge in [0.25, 0.3) is 0 Å². The van der Waals surface area contributed by atoms with Gasteiger partial charge in [0.1, 0.15) is 11.4 Å². The molecule has 0 unspecified atom stereocenters. The minimum atomic E-state index is -1.21. The van der Waals surface area contributed by atoms with Gasteiger partial charge in [-0.3, -0.25) is 0 Å². The zero-order chi connectivity index (χ0) is 11.6. The van der Waals surface area contributed by atoms with E-state index < -0.39 is 11.9 Å². The van der Waals surface area contributed by atoms with Crippen LogP contribution in [0.2, 0.25) is 0 Å². The predicted octanol–water partition coefficient (Wildman–Crippen LogP) is 0.828. The van der Waals surface area contributed by atoms with Crippen molar-refractivity contribution < 1.29 is 19.8 Å². The van der Waals surface area contributed by atoms with E-state index in [-0.39, 0.29) is 22.6 Å². The third kappa shape index (κ3) is 2.04. The molecular formula is C9H10N2O4. The van der Waals surface area contributed by atoms with Crippen LogP contribution >= 0.6 is 0 Å². The topological polar surface area (TPSA) is 99.5 Å². The standard InChI is InChI=1S/C9H10N2O4/c1-4-5(8(12)13)3-6(9(14)15)7(10-2)11-4/h3H,1-2H3,(H,10,11)(H,12,13)(H,14,15). The molecule has 3 N–H and O–H groups in total. The second kappa shape index (κ2) is 3.95. The Hall–Kier alpha value is -2.11. The highest BCUT2D eigenvalue weighted by Crippen LogP contribution is 2.17. The van der Waals surface area contributed by atoms with Crippen LogP contribution in [0.4, 0.5) is 5.82 Å². The van der Waals surface area contributed by atoms with Crippen LogP contribution in [0.5, 0.6) is 0 Å². The Bertz CT molecular complexity index is 428. The molecule has 0 aliphatic carbocycles. The summed E-state index contributed by atoms with van der Waals surface area (Å²) in [6.45, 7) is 1.51. The minimum absolute atomic E-state index is 0.105. The molecule has 0 bridgehead atoms. The summed E-state index contributed by atoms with van der Waals surface area (Å²) in [7, 11) is 1.52. The van der Waals surface area contributed by atoms with Crippen molar-refractivity contribution >= 4 is 17.8 Å². The molecule has 6 nitrogen and oxygen atoms in total. The smallest absolute Gasteiger partial charge is 0.339 e. The van der Waals surface area contributed by atoms with Gasteiger partial charge in [-0.05, 0) is 13.0 Å². The number of carbonyl (C=O) groups is 2. The number of anilines is 1. The zero-order valence-corrected chi connectivity index (χ0v) is 8.24. The molecule has 1 aromatic rings. The van der Waals surface area contributed by atoms with Gasteiger partial charge in [-0.1, -0.05) is 0 Å². The van der Waals surface area contributed by atoms with Crippen LogP contribution in [0, 0.1) is 6.92 Å². The molecule has 1 rings (SSSR count). The Morgan fingerprint density at radius 3 is 2.20 bits per heavy atom. The number of pyridine rings is 1. The Labute approximate surface area is 85.6 Å². The van der Waals surface area contributed by atoms with Crippen molar-refractivity contribution in [1.29, 1.82) is 0 Å². The van der Waals surface area contributed by atoms with Crippen LogP contribution in [0.15, 0.2) is 6.07 Å². The Morgan fingerprint density at radius 2 is 1.80 bits per heavy atom. The second-order valence-electron chi connectivity index (χ2n) is 2.88. The highest BCUT2D eigenvalue weighted by atomic mass is 16.4. The van der Waals surface area contributed by atoms with Crippen LogP contribution in [0.3, 0.4) is 0 Å². The van der Waals surface area contributed by atoms with Gasteiger partial charge in [-0.25, -0.2) is 14.6 Å². The highest BCUT2D eigenvalue weighted by molar-refractivity contribution is 5.97. The van der Waals surface area contributed by atoms with Gasteiger partial charge in [0.15, 0.2) is 0 Å². The van der Waals surface area contributed by atoms with Crippen LogP contribution in [-0.4, -0.2) is 34.2 Å². The molecule has 0 spiro atoms. The van der Waals surface area contributed by atoms with E-state index in [0.717, 1.165) is 6.07 Å². The highest BCUT2D eigenvalue weighted by Gasteiger charge is 2.17. The SMILES string of the molecule is CNc1nc(C)c(C(=O)O)cc1C(=O)O. The molecule has 0 saturated heterocycles. The summed E-state index contributed by atoms with van der Waals surface area (Å²) in [5.41, 5.74) is 0.0174.